The smallest absolute Gasteiger partial charge is 0.246 e. The number of anilines is 1. The van der Waals surface area contributed by atoms with E-state index in [1.165, 1.54) is 11.1 Å². The van der Waals surface area contributed by atoms with Crippen molar-refractivity contribution in [2.75, 3.05) is 18.4 Å². The average Bonchev–Trinajstić information content (AvgIpc) is 2.74. The average molecular weight is 402 g/mol. The van der Waals surface area contributed by atoms with Gasteiger partial charge in [0.1, 0.15) is 5.82 Å². The number of fused-ring (bicyclic) bond motifs is 1. The molecule has 3 N–H and O–H groups in total. The predicted molar refractivity (Wildman–Crippen MR) is 118 cm³/mol. The van der Waals surface area contributed by atoms with Crippen molar-refractivity contribution >= 4 is 29.3 Å². The fourth-order valence-electron chi connectivity index (χ4n) is 3.93. The number of carbonyl (C=O) groups is 2. The molecule has 3 heterocycles. The van der Waals surface area contributed by atoms with Gasteiger partial charge in [0, 0.05) is 37.8 Å². The number of rotatable bonds is 3. The van der Waals surface area contributed by atoms with E-state index < -0.39 is 0 Å². The summed E-state index contributed by atoms with van der Waals surface area (Å²) in [6, 6.07) is 12.0. The highest BCUT2D eigenvalue weighted by molar-refractivity contribution is 5.94. The topological polar surface area (TPSA) is 88.3 Å². The first kappa shape index (κ1) is 20.0. The second kappa shape index (κ2) is 9.05. The van der Waals surface area contributed by atoms with Crippen LogP contribution in [0.4, 0.5) is 5.82 Å². The molecule has 0 saturated heterocycles. The zero-order valence-corrected chi connectivity index (χ0v) is 16.9. The van der Waals surface area contributed by atoms with Crippen LogP contribution in [-0.4, -0.2) is 40.8 Å². The summed E-state index contributed by atoms with van der Waals surface area (Å²) in [6.07, 6.45) is 10.0. The predicted octanol–water partition coefficient (Wildman–Crippen LogP) is 3.01. The van der Waals surface area contributed by atoms with Gasteiger partial charge in [-0.15, -0.1) is 0 Å². The van der Waals surface area contributed by atoms with Crippen LogP contribution in [0.3, 0.4) is 0 Å². The van der Waals surface area contributed by atoms with E-state index in [1.54, 1.807) is 18.3 Å². The molecule has 30 heavy (non-hydrogen) atoms. The summed E-state index contributed by atoms with van der Waals surface area (Å²) in [5, 5.41) is 2.77. The van der Waals surface area contributed by atoms with Crippen molar-refractivity contribution in [3.63, 3.8) is 0 Å². The lowest BCUT2D eigenvalue weighted by molar-refractivity contribution is -0.126. The third kappa shape index (κ3) is 4.83. The molecule has 0 aliphatic carbocycles. The van der Waals surface area contributed by atoms with Gasteiger partial charge in [-0.1, -0.05) is 36.4 Å². The molecule has 154 valence electrons. The van der Waals surface area contributed by atoms with Crippen LogP contribution in [0, 0.1) is 0 Å². The highest BCUT2D eigenvalue weighted by Crippen LogP contribution is 2.23. The molecule has 2 aromatic rings. The third-order valence-electron chi connectivity index (χ3n) is 5.46. The second-order valence-corrected chi connectivity index (χ2v) is 7.77. The SMILES string of the molecule is NC1C=C(c2ccccc2)CCCN(C(=O)C=Cc2cnc3c(c2)CCC(=O)N3)C1. The van der Waals surface area contributed by atoms with Crippen LogP contribution in [0.25, 0.3) is 11.6 Å². The van der Waals surface area contributed by atoms with Gasteiger partial charge in [-0.3, -0.25) is 9.59 Å². The summed E-state index contributed by atoms with van der Waals surface area (Å²) in [5.74, 6) is 0.560. The normalized spacial score (nSPS) is 19.5. The molecular weight excluding hydrogens is 376 g/mol. The number of hydrogen-bond acceptors (Lipinski definition) is 4. The molecule has 6 nitrogen and oxygen atoms in total. The lowest BCUT2D eigenvalue weighted by atomic mass is 9.97. The van der Waals surface area contributed by atoms with Gasteiger partial charge in [-0.25, -0.2) is 4.98 Å². The number of nitrogens with one attached hydrogen (secondary N) is 1. The summed E-state index contributed by atoms with van der Waals surface area (Å²) < 4.78 is 0. The van der Waals surface area contributed by atoms with Crippen molar-refractivity contribution in [1.29, 1.82) is 0 Å². The van der Waals surface area contributed by atoms with Crippen LogP contribution in [0.1, 0.15) is 36.0 Å². The molecule has 1 aromatic carbocycles. The maximum atomic E-state index is 12.8. The van der Waals surface area contributed by atoms with E-state index in [4.69, 9.17) is 5.73 Å². The lowest BCUT2D eigenvalue weighted by Gasteiger charge is -2.27. The number of allylic oxidation sites excluding steroid dienone is 1. The maximum absolute atomic E-state index is 12.8. The number of pyridine rings is 1. The quantitative estimate of drug-likeness (QED) is 0.773. The number of benzene rings is 1. The van der Waals surface area contributed by atoms with E-state index in [0.717, 1.165) is 24.0 Å². The monoisotopic (exact) mass is 402 g/mol. The van der Waals surface area contributed by atoms with Gasteiger partial charge in [0.15, 0.2) is 0 Å². The number of aryl methyl sites for hydroxylation is 1. The number of nitrogens with two attached hydrogens (primary N) is 1. The molecule has 0 fully saturated rings. The molecule has 1 unspecified atom stereocenters. The van der Waals surface area contributed by atoms with Gasteiger partial charge in [0.2, 0.25) is 11.8 Å². The van der Waals surface area contributed by atoms with E-state index >= 15 is 0 Å². The van der Waals surface area contributed by atoms with Gasteiger partial charge in [0.25, 0.3) is 0 Å². The maximum Gasteiger partial charge on any atom is 0.246 e. The molecule has 2 aliphatic heterocycles. The van der Waals surface area contributed by atoms with Crippen molar-refractivity contribution < 1.29 is 9.59 Å². The van der Waals surface area contributed by atoms with Crippen LogP contribution in [0.2, 0.25) is 0 Å². The molecule has 0 bridgehead atoms. The van der Waals surface area contributed by atoms with Gasteiger partial charge in [-0.2, -0.15) is 0 Å². The first-order valence-corrected chi connectivity index (χ1v) is 10.4. The number of aromatic nitrogens is 1. The Balaban J connectivity index is 1.42. The fourth-order valence-corrected chi connectivity index (χ4v) is 3.93. The molecule has 1 atom stereocenters. The van der Waals surface area contributed by atoms with E-state index in [9.17, 15) is 9.59 Å². The summed E-state index contributed by atoms with van der Waals surface area (Å²) >= 11 is 0. The van der Waals surface area contributed by atoms with Gasteiger partial charge in [-0.05, 0) is 53.7 Å². The molecule has 6 heteroatoms. The van der Waals surface area contributed by atoms with Crippen LogP contribution in [0.5, 0.6) is 0 Å². The first-order chi connectivity index (χ1) is 14.6. The number of nitrogens with zero attached hydrogens (tertiary/aromatic N) is 2. The highest BCUT2D eigenvalue weighted by atomic mass is 16.2. The Kier molecular flexibility index (Phi) is 6.05. The molecule has 1 aromatic heterocycles. The minimum Gasteiger partial charge on any atom is -0.337 e. The molecule has 0 spiro atoms. The molecular formula is C24H26N4O2. The molecule has 4 rings (SSSR count). The zero-order valence-electron chi connectivity index (χ0n) is 16.9. The molecule has 0 radical (unpaired) electrons. The highest BCUT2D eigenvalue weighted by Gasteiger charge is 2.18. The Morgan fingerprint density at radius 2 is 2.03 bits per heavy atom. The standard InChI is InChI=1S/C24H26N4O2/c25-21-14-19(18-5-2-1-3-6-18)7-4-12-28(16-21)23(30)11-8-17-13-20-9-10-22(29)27-24(20)26-15-17/h1-3,5-6,8,11,13-15,21H,4,7,9-10,12,16,25H2,(H,26,27,29). The van der Waals surface area contributed by atoms with Crippen molar-refractivity contribution in [1.82, 2.24) is 9.88 Å². The second-order valence-electron chi connectivity index (χ2n) is 7.77. The summed E-state index contributed by atoms with van der Waals surface area (Å²) in [4.78, 5) is 30.3. The number of carbonyl (C=O) groups excluding carboxylic acids is 2. The van der Waals surface area contributed by atoms with Crippen molar-refractivity contribution in [2.45, 2.75) is 31.7 Å². The van der Waals surface area contributed by atoms with E-state index in [-0.39, 0.29) is 17.9 Å². The molecule has 2 aliphatic rings. The zero-order chi connectivity index (χ0) is 20.9. The summed E-state index contributed by atoms with van der Waals surface area (Å²) in [7, 11) is 0. The van der Waals surface area contributed by atoms with Crippen LogP contribution in [-0.2, 0) is 16.0 Å². The van der Waals surface area contributed by atoms with E-state index in [2.05, 4.69) is 28.5 Å². The van der Waals surface area contributed by atoms with Gasteiger partial charge >= 0.3 is 0 Å². The Morgan fingerprint density at radius 1 is 1.20 bits per heavy atom. The largest absolute Gasteiger partial charge is 0.337 e. The van der Waals surface area contributed by atoms with Crippen molar-refractivity contribution in [3.05, 3.63) is 71.4 Å². The number of amides is 2. The van der Waals surface area contributed by atoms with Crippen LogP contribution < -0.4 is 11.1 Å². The van der Waals surface area contributed by atoms with Crippen LogP contribution in [0.15, 0.2) is 54.7 Å². The lowest BCUT2D eigenvalue weighted by Crippen LogP contribution is -2.41. The summed E-state index contributed by atoms with van der Waals surface area (Å²) in [5.41, 5.74) is 10.6. The number of hydrogen-bond donors (Lipinski definition) is 2. The third-order valence-corrected chi connectivity index (χ3v) is 5.46. The Hall–Kier alpha value is -3.25. The van der Waals surface area contributed by atoms with Crippen LogP contribution >= 0.6 is 0 Å². The first-order valence-electron chi connectivity index (χ1n) is 10.4. The van der Waals surface area contributed by atoms with Crippen molar-refractivity contribution in [2.24, 2.45) is 5.73 Å². The Bertz CT molecular complexity index is 998. The minimum atomic E-state index is -0.202. The van der Waals surface area contributed by atoms with Gasteiger partial charge in [0.05, 0.1) is 0 Å². The Morgan fingerprint density at radius 3 is 2.87 bits per heavy atom. The fraction of sp³-hybridized carbons (Fsp3) is 0.292. The Labute approximate surface area is 176 Å². The van der Waals surface area contributed by atoms with Gasteiger partial charge < -0.3 is 16.0 Å². The van der Waals surface area contributed by atoms with E-state index in [0.29, 0.717) is 31.7 Å². The molecule has 0 saturated carbocycles. The van der Waals surface area contributed by atoms with Crippen molar-refractivity contribution in [3.8, 4) is 0 Å². The molecule has 2 amide bonds. The summed E-state index contributed by atoms with van der Waals surface area (Å²) in [6.45, 7) is 1.17. The van der Waals surface area contributed by atoms with E-state index in [1.807, 2.05) is 29.2 Å². The minimum absolute atomic E-state index is 0.00800.